The van der Waals surface area contributed by atoms with Gasteiger partial charge in [-0.1, -0.05) is 24.0 Å². The molecule has 0 bridgehead atoms. The van der Waals surface area contributed by atoms with Crippen LogP contribution in [0.3, 0.4) is 0 Å². The number of hydrogen-bond acceptors (Lipinski definition) is 3. The predicted octanol–water partition coefficient (Wildman–Crippen LogP) is 5.23. The lowest BCUT2D eigenvalue weighted by Crippen LogP contribution is -2.08. The molecule has 0 amide bonds. The van der Waals surface area contributed by atoms with Crippen molar-refractivity contribution in [2.24, 2.45) is 0 Å². The Hall–Kier alpha value is -3.87. The highest BCUT2D eigenvalue weighted by Crippen LogP contribution is 2.34. The summed E-state index contributed by atoms with van der Waals surface area (Å²) in [6.07, 6.45) is -5.30. The molecule has 10 heteroatoms. The predicted molar refractivity (Wildman–Crippen MR) is 98.6 cm³/mol. The van der Waals surface area contributed by atoms with E-state index in [1.807, 2.05) is 0 Å². The first-order valence-electron chi connectivity index (χ1n) is 8.69. The lowest BCUT2D eigenvalue weighted by molar-refractivity contribution is -0.141. The molecule has 0 aliphatic carbocycles. The van der Waals surface area contributed by atoms with Crippen LogP contribution in [-0.2, 0) is 12.4 Å². The molecule has 0 radical (unpaired) electrons. The number of halogens is 6. The van der Waals surface area contributed by atoms with Crippen molar-refractivity contribution in [1.82, 2.24) is 19.6 Å². The highest BCUT2D eigenvalue weighted by molar-refractivity contribution is 5.67. The van der Waals surface area contributed by atoms with Crippen molar-refractivity contribution in [3.05, 3.63) is 83.4 Å². The van der Waals surface area contributed by atoms with Gasteiger partial charge in [-0.25, -0.2) is 9.50 Å². The van der Waals surface area contributed by atoms with Crippen LogP contribution in [0, 0.1) is 11.8 Å². The molecule has 0 aliphatic heterocycles. The Morgan fingerprint density at radius 3 is 2.35 bits per heavy atom. The number of aromatic nitrogens is 4. The van der Waals surface area contributed by atoms with Crippen LogP contribution in [0.15, 0.2) is 61.1 Å². The van der Waals surface area contributed by atoms with E-state index in [1.54, 1.807) is 12.1 Å². The van der Waals surface area contributed by atoms with Gasteiger partial charge >= 0.3 is 12.4 Å². The summed E-state index contributed by atoms with van der Waals surface area (Å²) in [7, 11) is 0. The van der Waals surface area contributed by atoms with E-state index in [9.17, 15) is 26.3 Å². The molecule has 4 nitrogen and oxygen atoms in total. The van der Waals surface area contributed by atoms with Gasteiger partial charge in [-0.05, 0) is 30.3 Å². The summed E-state index contributed by atoms with van der Waals surface area (Å²) in [6, 6.07) is 8.79. The molecule has 0 aliphatic rings. The van der Waals surface area contributed by atoms with Gasteiger partial charge in [-0.15, -0.1) is 0 Å². The zero-order chi connectivity index (χ0) is 22.2. The number of benzene rings is 1. The maximum Gasteiger partial charge on any atom is 0.436 e. The molecule has 0 spiro atoms. The number of alkyl halides is 6. The smallest absolute Gasteiger partial charge is 0.263 e. The Morgan fingerprint density at radius 2 is 1.68 bits per heavy atom. The van der Waals surface area contributed by atoms with Gasteiger partial charge in [0.2, 0.25) is 0 Å². The van der Waals surface area contributed by atoms with E-state index in [4.69, 9.17) is 0 Å². The third-order valence-corrected chi connectivity index (χ3v) is 4.23. The molecule has 0 N–H and O–H groups in total. The maximum atomic E-state index is 13.5. The van der Waals surface area contributed by atoms with Gasteiger partial charge < -0.3 is 0 Å². The van der Waals surface area contributed by atoms with Gasteiger partial charge in [0.15, 0.2) is 11.3 Å². The Labute approximate surface area is 171 Å². The van der Waals surface area contributed by atoms with Gasteiger partial charge in [0.05, 0.1) is 11.3 Å². The van der Waals surface area contributed by atoms with Crippen LogP contribution in [0.4, 0.5) is 26.3 Å². The van der Waals surface area contributed by atoms with E-state index in [0.29, 0.717) is 5.56 Å². The molecule has 4 aromatic rings. The van der Waals surface area contributed by atoms with Crippen molar-refractivity contribution in [3.63, 3.8) is 0 Å². The van der Waals surface area contributed by atoms with Crippen molar-refractivity contribution in [2.75, 3.05) is 0 Å². The number of nitrogens with zero attached hydrogens (tertiary/aromatic N) is 4. The third-order valence-electron chi connectivity index (χ3n) is 4.23. The molecule has 0 saturated carbocycles. The van der Waals surface area contributed by atoms with E-state index in [1.165, 1.54) is 36.8 Å². The Morgan fingerprint density at radius 1 is 0.871 bits per heavy atom. The van der Waals surface area contributed by atoms with Crippen LogP contribution in [0.5, 0.6) is 0 Å². The van der Waals surface area contributed by atoms with E-state index in [-0.39, 0.29) is 16.9 Å². The van der Waals surface area contributed by atoms with Crippen LogP contribution in [0.2, 0.25) is 0 Å². The lowest BCUT2D eigenvalue weighted by Gasteiger charge is -2.08. The molecule has 1 aromatic carbocycles. The molecule has 0 unspecified atom stereocenters. The van der Waals surface area contributed by atoms with Crippen molar-refractivity contribution in [2.45, 2.75) is 12.4 Å². The molecule has 0 saturated heterocycles. The zero-order valence-electron chi connectivity index (χ0n) is 15.3. The minimum atomic E-state index is -4.80. The standard InChI is InChI=1S/C21H10F6N4/c22-20(23,24)15-5-1-4-14(11-15)17-8-10-31-19(29-17)16(18(30-31)21(25,26)27)7-6-13-3-2-9-28-12-13/h1-5,8-12H. The summed E-state index contributed by atoms with van der Waals surface area (Å²) in [5.74, 6) is 5.02. The van der Waals surface area contributed by atoms with Crippen LogP contribution in [0.25, 0.3) is 16.9 Å². The maximum absolute atomic E-state index is 13.5. The molecule has 3 aromatic heterocycles. The average molecular weight is 432 g/mol. The molecule has 3 heterocycles. The monoisotopic (exact) mass is 432 g/mol. The second-order valence-electron chi connectivity index (χ2n) is 6.37. The van der Waals surface area contributed by atoms with Crippen LogP contribution < -0.4 is 0 Å². The molecular weight excluding hydrogens is 422 g/mol. The molecule has 31 heavy (non-hydrogen) atoms. The second-order valence-corrected chi connectivity index (χ2v) is 6.37. The van der Waals surface area contributed by atoms with Gasteiger partial charge in [0.1, 0.15) is 5.56 Å². The quantitative estimate of drug-likeness (QED) is 0.306. The van der Waals surface area contributed by atoms with Crippen molar-refractivity contribution in [3.8, 4) is 23.1 Å². The Bertz CT molecular complexity index is 1310. The SMILES string of the molecule is FC(F)(F)c1cccc(-c2ccn3nc(C(F)(F)F)c(C#Cc4cccnc4)c3n2)c1. The molecular formula is C21H10F6N4. The van der Waals surface area contributed by atoms with E-state index in [0.717, 1.165) is 16.6 Å². The van der Waals surface area contributed by atoms with Crippen LogP contribution in [0.1, 0.15) is 22.4 Å². The van der Waals surface area contributed by atoms with E-state index >= 15 is 0 Å². The Balaban J connectivity index is 1.89. The molecule has 0 fully saturated rings. The molecule has 156 valence electrons. The minimum absolute atomic E-state index is 0.0525. The molecule has 4 rings (SSSR count). The van der Waals surface area contributed by atoms with Crippen LogP contribution in [-0.4, -0.2) is 19.6 Å². The van der Waals surface area contributed by atoms with E-state index < -0.39 is 29.2 Å². The topological polar surface area (TPSA) is 43.1 Å². The first kappa shape index (κ1) is 20.4. The summed E-state index contributed by atoms with van der Waals surface area (Å²) in [4.78, 5) is 7.98. The first-order valence-corrected chi connectivity index (χ1v) is 8.69. The van der Waals surface area contributed by atoms with Gasteiger partial charge in [-0.2, -0.15) is 31.4 Å². The minimum Gasteiger partial charge on any atom is -0.263 e. The number of fused-ring (bicyclic) bond motifs is 1. The summed E-state index contributed by atoms with van der Waals surface area (Å²) in [6.45, 7) is 0. The van der Waals surface area contributed by atoms with Crippen molar-refractivity contribution < 1.29 is 26.3 Å². The fourth-order valence-electron chi connectivity index (χ4n) is 2.83. The largest absolute Gasteiger partial charge is 0.436 e. The number of rotatable bonds is 1. The first-order chi connectivity index (χ1) is 14.6. The molecule has 0 atom stereocenters. The van der Waals surface area contributed by atoms with Crippen molar-refractivity contribution in [1.29, 1.82) is 0 Å². The zero-order valence-corrected chi connectivity index (χ0v) is 15.3. The summed E-state index contributed by atoms with van der Waals surface area (Å²) >= 11 is 0. The van der Waals surface area contributed by atoms with E-state index in [2.05, 4.69) is 26.9 Å². The lowest BCUT2D eigenvalue weighted by atomic mass is 10.1. The third kappa shape index (κ3) is 4.21. The summed E-state index contributed by atoms with van der Waals surface area (Å²) in [5, 5.41) is 3.52. The highest BCUT2D eigenvalue weighted by Gasteiger charge is 2.38. The Kier molecular flexibility index (Phi) is 4.89. The summed E-state index contributed by atoms with van der Waals surface area (Å²) < 4.78 is 80.5. The van der Waals surface area contributed by atoms with Gasteiger partial charge in [0.25, 0.3) is 0 Å². The fraction of sp³-hybridized carbons (Fsp3) is 0.0952. The van der Waals surface area contributed by atoms with Gasteiger partial charge in [-0.3, -0.25) is 4.98 Å². The normalized spacial score (nSPS) is 11.9. The van der Waals surface area contributed by atoms with Crippen LogP contribution >= 0.6 is 0 Å². The fourth-order valence-corrected chi connectivity index (χ4v) is 2.83. The highest BCUT2D eigenvalue weighted by atomic mass is 19.4. The summed E-state index contributed by atoms with van der Waals surface area (Å²) in [5.41, 5.74) is -2.31. The second kappa shape index (κ2) is 7.43. The average Bonchev–Trinajstić information content (AvgIpc) is 3.11. The van der Waals surface area contributed by atoms with Gasteiger partial charge in [0, 0.05) is 29.7 Å². The number of hydrogen-bond donors (Lipinski definition) is 0. The van der Waals surface area contributed by atoms with Crippen molar-refractivity contribution >= 4 is 5.65 Å². The number of pyridine rings is 1.